The molecule has 7 nitrogen and oxygen atoms in total. The van der Waals surface area contributed by atoms with Gasteiger partial charge in [0.2, 0.25) is 15.9 Å². The lowest BCUT2D eigenvalue weighted by Crippen LogP contribution is -2.43. The fourth-order valence-electron chi connectivity index (χ4n) is 4.39. The number of halogens is 1. The Hall–Kier alpha value is -3.04. The van der Waals surface area contributed by atoms with Crippen molar-refractivity contribution >= 4 is 15.9 Å². The minimum atomic E-state index is -3.53. The summed E-state index contributed by atoms with van der Waals surface area (Å²) in [4.78, 5) is 15.0. The van der Waals surface area contributed by atoms with Gasteiger partial charge < -0.3 is 4.90 Å². The number of amides is 1. The van der Waals surface area contributed by atoms with Crippen LogP contribution in [0, 0.1) is 18.7 Å². The van der Waals surface area contributed by atoms with Crippen molar-refractivity contribution in [1.29, 1.82) is 0 Å². The van der Waals surface area contributed by atoms with Crippen molar-refractivity contribution in [2.45, 2.75) is 37.5 Å². The second kappa shape index (κ2) is 10.7. The van der Waals surface area contributed by atoms with Crippen LogP contribution in [0.25, 0.3) is 11.3 Å². The molecule has 2 heterocycles. The van der Waals surface area contributed by atoms with Crippen LogP contribution in [-0.2, 0) is 21.2 Å². The molecule has 0 spiro atoms. The molecule has 1 N–H and O–H groups in total. The third kappa shape index (κ3) is 5.97. The lowest BCUT2D eigenvalue weighted by Gasteiger charge is -2.32. The number of aromatic amines is 1. The van der Waals surface area contributed by atoms with Crippen LogP contribution < -0.4 is 0 Å². The predicted molar refractivity (Wildman–Crippen MR) is 133 cm³/mol. The van der Waals surface area contributed by atoms with E-state index in [2.05, 4.69) is 10.2 Å². The number of aromatic nitrogens is 2. The molecular formula is C26H31FN4O3S. The monoisotopic (exact) mass is 498 g/mol. The lowest BCUT2D eigenvalue weighted by molar-refractivity contribution is -0.135. The fraction of sp³-hybridized carbons (Fsp3) is 0.385. The largest absolute Gasteiger partial charge is 0.346 e. The zero-order chi connectivity index (χ0) is 25.0. The van der Waals surface area contributed by atoms with Crippen LogP contribution in [0.2, 0.25) is 0 Å². The van der Waals surface area contributed by atoms with E-state index in [0.29, 0.717) is 37.4 Å². The van der Waals surface area contributed by atoms with Gasteiger partial charge in [0.25, 0.3) is 0 Å². The molecule has 0 aliphatic carbocycles. The van der Waals surface area contributed by atoms with Gasteiger partial charge in [-0.3, -0.25) is 9.89 Å². The summed E-state index contributed by atoms with van der Waals surface area (Å²) in [6, 6.07) is 15.0. The molecule has 1 amide bonds. The first-order valence-corrected chi connectivity index (χ1v) is 13.3. The number of piperidine rings is 1. The molecule has 0 unspecified atom stereocenters. The Bertz CT molecular complexity index is 1250. The molecule has 4 rings (SSSR count). The summed E-state index contributed by atoms with van der Waals surface area (Å²) in [5.74, 6) is -0.383. The van der Waals surface area contributed by atoms with E-state index in [1.165, 1.54) is 16.4 Å². The van der Waals surface area contributed by atoms with Crippen LogP contribution in [0.1, 0.15) is 30.5 Å². The topological polar surface area (TPSA) is 86.4 Å². The van der Waals surface area contributed by atoms with E-state index in [-0.39, 0.29) is 17.6 Å². The van der Waals surface area contributed by atoms with Gasteiger partial charge in [0, 0.05) is 43.9 Å². The molecule has 0 radical (unpaired) electrons. The Morgan fingerprint density at radius 2 is 1.77 bits per heavy atom. The van der Waals surface area contributed by atoms with Crippen LogP contribution in [0.5, 0.6) is 0 Å². The summed E-state index contributed by atoms with van der Waals surface area (Å²) >= 11 is 0. The van der Waals surface area contributed by atoms with Crippen molar-refractivity contribution in [3.8, 4) is 11.3 Å². The Balaban J connectivity index is 1.24. The Morgan fingerprint density at radius 1 is 1.11 bits per heavy atom. The van der Waals surface area contributed by atoms with E-state index in [9.17, 15) is 17.6 Å². The minimum Gasteiger partial charge on any atom is -0.346 e. The summed E-state index contributed by atoms with van der Waals surface area (Å²) in [6.07, 6.45) is 2.55. The Kier molecular flexibility index (Phi) is 7.66. The third-order valence-electron chi connectivity index (χ3n) is 6.55. The van der Waals surface area contributed by atoms with Gasteiger partial charge in [0.1, 0.15) is 5.82 Å². The summed E-state index contributed by atoms with van der Waals surface area (Å²) in [7, 11) is -1.73. The second-order valence-corrected chi connectivity index (χ2v) is 11.1. The van der Waals surface area contributed by atoms with Gasteiger partial charge in [-0.05, 0) is 75.1 Å². The highest BCUT2D eigenvalue weighted by molar-refractivity contribution is 7.89. The zero-order valence-electron chi connectivity index (χ0n) is 20.1. The summed E-state index contributed by atoms with van der Waals surface area (Å²) in [6.45, 7) is 3.22. The van der Waals surface area contributed by atoms with Crippen molar-refractivity contribution in [2.75, 3.05) is 26.7 Å². The summed E-state index contributed by atoms with van der Waals surface area (Å²) in [5, 5.41) is 7.30. The Labute approximate surface area is 206 Å². The third-order valence-corrected chi connectivity index (χ3v) is 8.46. The highest BCUT2D eigenvalue weighted by atomic mass is 32.2. The first-order chi connectivity index (χ1) is 16.7. The minimum absolute atomic E-state index is 0.0639. The van der Waals surface area contributed by atoms with Crippen LogP contribution in [-0.4, -0.2) is 60.4 Å². The maximum atomic E-state index is 13.1. The summed E-state index contributed by atoms with van der Waals surface area (Å²) < 4.78 is 40.4. The standard InChI is InChI=1S/C26H31FN4O3S/c1-19-5-11-24(12-6-19)35(33,34)31-16-13-21(14-17-31)26(32)30(2)15-3-4-23-18-25(29-28-23)20-7-9-22(27)10-8-20/h5-12,18,21H,3-4,13-17H2,1-2H3,(H,28,29). The average Bonchev–Trinajstić information content (AvgIpc) is 3.33. The average molecular weight is 499 g/mol. The van der Waals surface area contributed by atoms with E-state index >= 15 is 0 Å². The van der Waals surface area contributed by atoms with Crippen molar-refractivity contribution in [2.24, 2.45) is 5.92 Å². The van der Waals surface area contributed by atoms with Crippen LogP contribution in [0.15, 0.2) is 59.5 Å². The van der Waals surface area contributed by atoms with E-state index in [1.54, 1.807) is 48.3 Å². The normalized spacial score (nSPS) is 15.3. The zero-order valence-corrected chi connectivity index (χ0v) is 20.9. The van der Waals surface area contributed by atoms with E-state index in [1.807, 2.05) is 13.0 Å². The SMILES string of the molecule is Cc1ccc(S(=O)(=O)N2CCC(C(=O)N(C)CCCc3cc(-c4ccc(F)cc4)n[nH]3)CC2)cc1. The molecule has 1 aliphatic rings. The van der Waals surface area contributed by atoms with E-state index in [0.717, 1.165) is 35.4 Å². The van der Waals surface area contributed by atoms with Crippen molar-refractivity contribution < 1.29 is 17.6 Å². The van der Waals surface area contributed by atoms with Crippen molar-refractivity contribution in [3.05, 3.63) is 71.7 Å². The molecule has 1 aliphatic heterocycles. The molecule has 1 aromatic heterocycles. The quantitative estimate of drug-likeness (QED) is 0.508. The number of rotatable bonds is 8. The van der Waals surface area contributed by atoms with Gasteiger partial charge in [0.15, 0.2) is 0 Å². The number of benzene rings is 2. The maximum absolute atomic E-state index is 13.1. The first-order valence-electron chi connectivity index (χ1n) is 11.9. The molecule has 1 fully saturated rings. The maximum Gasteiger partial charge on any atom is 0.243 e. The molecular weight excluding hydrogens is 467 g/mol. The molecule has 0 atom stereocenters. The van der Waals surface area contributed by atoms with Gasteiger partial charge in [-0.15, -0.1) is 0 Å². The molecule has 0 bridgehead atoms. The first kappa shape index (κ1) is 25.1. The molecule has 35 heavy (non-hydrogen) atoms. The van der Waals surface area contributed by atoms with Crippen molar-refractivity contribution in [1.82, 2.24) is 19.4 Å². The summed E-state index contributed by atoms with van der Waals surface area (Å²) in [5.41, 5.74) is 3.57. The van der Waals surface area contributed by atoms with Crippen molar-refractivity contribution in [3.63, 3.8) is 0 Å². The number of nitrogens with one attached hydrogen (secondary N) is 1. The number of H-pyrrole nitrogens is 1. The molecule has 0 saturated carbocycles. The molecule has 1 saturated heterocycles. The number of hydrogen-bond donors (Lipinski definition) is 1. The van der Waals surface area contributed by atoms with Gasteiger partial charge in [0.05, 0.1) is 10.6 Å². The number of nitrogens with zero attached hydrogens (tertiary/aromatic N) is 3. The highest BCUT2D eigenvalue weighted by Gasteiger charge is 2.33. The molecule has 186 valence electrons. The highest BCUT2D eigenvalue weighted by Crippen LogP contribution is 2.25. The smallest absolute Gasteiger partial charge is 0.243 e. The van der Waals surface area contributed by atoms with Gasteiger partial charge in [-0.2, -0.15) is 9.40 Å². The van der Waals surface area contributed by atoms with Crippen LogP contribution >= 0.6 is 0 Å². The van der Waals surface area contributed by atoms with E-state index in [4.69, 9.17) is 0 Å². The predicted octanol–water partition coefficient (Wildman–Crippen LogP) is 4.02. The van der Waals surface area contributed by atoms with E-state index < -0.39 is 10.0 Å². The van der Waals surface area contributed by atoms with Gasteiger partial charge in [-0.1, -0.05) is 17.7 Å². The molecule has 3 aromatic rings. The van der Waals surface area contributed by atoms with Crippen LogP contribution in [0.3, 0.4) is 0 Å². The lowest BCUT2D eigenvalue weighted by atomic mass is 9.96. The number of carbonyl (C=O) groups is 1. The number of carbonyl (C=O) groups excluding carboxylic acids is 1. The Morgan fingerprint density at radius 3 is 2.43 bits per heavy atom. The van der Waals surface area contributed by atoms with Gasteiger partial charge in [-0.25, -0.2) is 12.8 Å². The number of aryl methyl sites for hydroxylation is 2. The second-order valence-electron chi connectivity index (χ2n) is 9.14. The number of hydrogen-bond acceptors (Lipinski definition) is 4. The number of sulfonamides is 1. The molecule has 2 aromatic carbocycles. The van der Waals surface area contributed by atoms with Crippen LogP contribution in [0.4, 0.5) is 4.39 Å². The molecule has 9 heteroatoms. The van der Waals surface area contributed by atoms with Gasteiger partial charge >= 0.3 is 0 Å². The fourth-order valence-corrected chi connectivity index (χ4v) is 5.86.